The Balaban J connectivity index is 4.24. The van der Waals surface area contributed by atoms with E-state index in [1.54, 1.807) is 6.26 Å². The van der Waals surface area contributed by atoms with E-state index >= 15 is 0 Å². The summed E-state index contributed by atoms with van der Waals surface area (Å²) in [4.78, 5) is 20.8. The molecular weight excluding hydrogens is 196 g/mol. The number of aliphatic carboxylic acids is 2. The third-order valence-corrected chi connectivity index (χ3v) is 2.23. The van der Waals surface area contributed by atoms with Gasteiger partial charge in [-0.2, -0.15) is 11.8 Å². The standard InChI is InChI=1S/C7H12O5S/c1-13-3-2-4(6(9)10)5(8)7(11)12/h4-5,8H,2-3H2,1H3,(H,9,10)(H,11,12). The highest BCUT2D eigenvalue weighted by atomic mass is 32.2. The van der Waals surface area contributed by atoms with Crippen molar-refractivity contribution in [2.24, 2.45) is 5.92 Å². The fraction of sp³-hybridized carbons (Fsp3) is 0.714. The fourth-order valence-corrected chi connectivity index (χ4v) is 1.32. The topological polar surface area (TPSA) is 94.8 Å². The van der Waals surface area contributed by atoms with Crippen LogP contribution >= 0.6 is 11.8 Å². The molecule has 2 atom stereocenters. The molecule has 13 heavy (non-hydrogen) atoms. The van der Waals surface area contributed by atoms with Gasteiger partial charge in [0.05, 0.1) is 5.92 Å². The van der Waals surface area contributed by atoms with E-state index in [0.717, 1.165) is 0 Å². The molecule has 0 aliphatic heterocycles. The van der Waals surface area contributed by atoms with Gasteiger partial charge >= 0.3 is 11.9 Å². The Morgan fingerprint density at radius 1 is 1.31 bits per heavy atom. The molecular formula is C7H12O5S. The molecule has 0 aromatic carbocycles. The minimum atomic E-state index is -1.82. The molecule has 0 amide bonds. The number of carboxylic acid groups (broad SMARTS) is 2. The Labute approximate surface area is 79.8 Å². The first-order chi connectivity index (χ1) is 6.00. The summed E-state index contributed by atoms with van der Waals surface area (Å²) in [7, 11) is 0. The van der Waals surface area contributed by atoms with Gasteiger partial charge in [0.2, 0.25) is 0 Å². The van der Waals surface area contributed by atoms with Crippen LogP contribution in [-0.2, 0) is 9.59 Å². The molecule has 76 valence electrons. The molecule has 0 aliphatic carbocycles. The number of thioether (sulfide) groups is 1. The SMILES string of the molecule is CSCCC(C(=O)O)C(O)C(=O)O. The van der Waals surface area contributed by atoms with Crippen LogP contribution in [0, 0.1) is 5.92 Å². The van der Waals surface area contributed by atoms with Gasteiger partial charge in [0.1, 0.15) is 0 Å². The highest BCUT2D eigenvalue weighted by Gasteiger charge is 2.31. The highest BCUT2D eigenvalue weighted by Crippen LogP contribution is 2.13. The van der Waals surface area contributed by atoms with Gasteiger partial charge in [0.25, 0.3) is 0 Å². The molecule has 5 nitrogen and oxygen atoms in total. The Kier molecular flexibility index (Phi) is 5.48. The van der Waals surface area contributed by atoms with Gasteiger partial charge in [-0.05, 0) is 18.4 Å². The van der Waals surface area contributed by atoms with Crippen molar-refractivity contribution in [1.82, 2.24) is 0 Å². The Bertz CT molecular complexity index is 193. The van der Waals surface area contributed by atoms with Gasteiger partial charge in [0, 0.05) is 0 Å². The zero-order valence-electron chi connectivity index (χ0n) is 7.14. The van der Waals surface area contributed by atoms with E-state index in [2.05, 4.69) is 0 Å². The lowest BCUT2D eigenvalue weighted by Crippen LogP contribution is -2.35. The summed E-state index contributed by atoms with van der Waals surface area (Å²) in [6.07, 6.45) is 0.125. The average Bonchev–Trinajstić information content (AvgIpc) is 2.04. The van der Waals surface area contributed by atoms with Gasteiger partial charge in [-0.15, -0.1) is 0 Å². The van der Waals surface area contributed by atoms with E-state index in [9.17, 15) is 9.59 Å². The predicted octanol–water partition coefficient (Wildman–Crippen LogP) is -0.114. The number of aliphatic hydroxyl groups is 1. The van der Waals surface area contributed by atoms with E-state index in [-0.39, 0.29) is 6.42 Å². The molecule has 0 aromatic heterocycles. The number of aliphatic hydroxyl groups excluding tert-OH is 1. The van der Waals surface area contributed by atoms with Crippen LogP contribution in [0.25, 0.3) is 0 Å². The van der Waals surface area contributed by atoms with Crippen molar-refractivity contribution in [3.63, 3.8) is 0 Å². The lowest BCUT2D eigenvalue weighted by molar-refractivity contribution is -0.159. The molecule has 0 spiro atoms. The summed E-state index contributed by atoms with van der Waals surface area (Å²) < 4.78 is 0. The summed E-state index contributed by atoms with van der Waals surface area (Å²) >= 11 is 1.41. The second-order valence-electron chi connectivity index (χ2n) is 2.51. The fourth-order valence-electron chi connectivity index (χ4n) is 0.833. The van der Waals surface area contributed by atoms with Gasteiger partial charge in [-0.1, -0.05) is 0 Å². The Hall–Kier alpha value is -0.750. The molecule has 0 bridgehead atoms. The first-order valence-corrected chi connectivity index (χ1v) is 5.02. The second-order valence-corrected chi connectivity index (χ2v) is 3.49. The van der Waals surface area contributed by atoms with E-state index < -0.39 is 24.0 Å². The third kappa shape index (κ3) is 4.14. The number of rotatable bonds is 6. The van der Waals surface area contributed by atoms with E-state index in [1.807, 2.05) is 0 Å². The van der Waals surface area contributed by atoms with E-state index in [0.29, 0.717) is 5.75 Å². The summed E-state index contributed by atoms with van der Waals surface area (Å²) in [6.45, 7) is 0. The molecule has 0 saturated carbocycles. The number of carboxylic acids is 2. The van der Waals surface area contributed by atoms with Gasteiger partial charge < -0.3 is 15.3 Å². The highest BCUT2D eigenvalue weighted by molar-refractivity contribution is 7.98. The lowest BCUT2D eigenvalue weighted by atomic mass is 10.00. The number of carbonyl (C=O) groups is 2. The summed E-state index contributed by atoms with van der Waals surface area (Å²) in [6, 6.07) is 0. The number of hydrogen-bond acceptors (Lipinski definition) is 4. The molecule has 6 heteroatoms. The summed E-state index contributed by atoms with van der Waals surface area (Å²) in [5.74, 6) is -3.47. The average molecular weight is 208 g/mol. The van der Waals surface area contributed by atoms with E-state index in [4.69, 9.17) is 15.3 Å². The summed E-state index contributed by atoms with van der Waals surface area (Å²) in [5.41, 5.74) is 0. The van der Waals surface area contributed by atoms with Crippen molar-refractivity contribution in [3.8, 4) is 0 Å². The first-order valence-electron chi connectivity index (χ1n) is 3.63. The first kappa shape index (κ1) is 12.2. The molecule has 2 unspecified atom stereocenters. The predicted molar refractivity (Wildman–Crippen MR) is 47.8 cm³/mol. The van der Waals surface area contributed by atoms with Crippen molar-refractivity contribution in [3.05, 3.63) is 0 Å². The van der Waals surface area contributed by atoms with Crippen molar-refractivity contribution >= 4 is 23.7 Å². The molecule has 0 fully saturated rings. The maximum atomic E-state index is 10.5. The second kappa shape index (κ2) is 5.82. The molecule has 0 aliphatic rings. The maximum Gasteiger partial charge on any atom is 0.333 e. The normalized spacial score (nSPS) is 14.9. The van der Waals surface area contributed by atoms with E-state index in [1.165, 1.54) is 11.8 Å². The van der Waals surface area contributed by atoms with Crippen molar-refractivity contribution in [1.29, 1.82) is 0 Å². The largest absolute Gasteiger partial charge is 0.481 e. The van der Waals surface area contributed by atoms with Crippen LogP contribution in [0.3, 0.4) is 0 Å². The quantitative estimate of drug-likeness (QED) is 0.563. The van der Waals surface area contributed by atoms with Crippen LogP contribution in [0.5, 0.6) is 0 Å². The van der Waals surface area contributed by atoms with Crippen molar-refractivity contribution in [2.75, 3.05) is 12.0 Å². The molecule has 0 radical (unpaired) electrons. The Morgan fingerprint density at radius 3 is 2.15 bits per heavy atom. The molecule has 0 heterocycles. The van der Waals surface area contributed by atoms with Crippen molar-refractivity contribution < 1.29 is 24.9 Å². The monoisotopic (exact) mass is 208 g/mol. The van der Waals surface area contributed by atoms with Crippen LogP contribution < -0.4 is 0 Å². The maximum absolute atomic E-state index is 10.5. The van der Waals surface area contributed by atoms with Crippen molar-refractivity contribution in [2.45, 2.75) is 12.5 Å². The minimum absolute atomic E-state index is 0.157. The Morgan fingerprint density at radius 2 is 1.85 bits per heavy atom. The van der Waals surface area contributed by atoms with Gasteiger partial charge in [0.15, 0.2) is 6.10 Å². The van der Waals surface area contributed by atoms with Gasteiger partial charge in [-0.3, -0.25) is 4.79 Å². The van der Waals surface area contributed by atoms with Crippen LogP contribution in [-0.4, -0.2) is 45.4 Å². The smallest absolute Gasteiger partial charge is 0.333 e. The molecule has 0 rings (SSSR count). The van der Waals surface area contributed by atoms with Crippen LogP contribution in [0.1, 0.15) is 6.42 Å². The molecule has 0 aromatic rings. The van der Waals surface area contributed by atoms with Crippen LogP contribution in [0.4, 0.5) is 0 Å². The zero-order chi connectivity index (χ0) is 10.4. The molecule has 3 N–H and O–H groups in total. The lowest BCUT2D eigenvalue weighted by Gasteiger charge is -2.14. The van der Waals surface area contributed by atoms with Crippen LogP contribution in [0.15, 0.2) is 0 Å². The number of hydrogen-bond donors (Lipinski definition) is 3. The van der Waals surface area contributed by atoms with Gasteiger partial charge in [-0.25, -0.2) is 4.79 Å². The summed E-state index contributed by atoms with van der Waals surface area (Å²) in [5, 5.41) is 26.0. The third-order valence-electron chi connectivity index (χ3n) is 1.58. The van der Waals surface area contributed by atoms with Crippen LogP contribution in [0.2, 0.25) is 0 Å². The minimum Gasteiger partial charge on any atom is -0.481 e. The molecule has 0 saturated heterocycles. The zero-order valence-corrected chi connectivity index (χ0v) is 7.95.